The highest BCUT2D eigenvalue weighted by atomic mass is 28.3. The van der Waals surface area contributed by atoms with Crippen LogP contribution < -0.4 is 5.19 Å². The number of hydrogen-bond donors (Lipinski definition) is 0. The average molecular weight is 177 g/mol. The van der Waals surface area contributed by atoms with E-state index in [9.17, 15) is 5.11 Å². The second-order valence-corrected chi connectivity index (χ2v) is 6.73. The zero-order chi connectivity index (χ0) is 8.39. The van der Waals surface area contributed by atoms with Crippen LogP contribution in [0.3, 0.4) is 0 Å². The van der Waals surface area contributed by atoms with E-state index < -0.39 is 8.80 Å². The van der Waals surface area contributed by atoms with Gasteiger partial charge in [0, 0.05) is 0 Å². The Labute approximate surface area is 74.7 Å². The molecule has 12 heavy (non-hydrogen) atoms. The molecule has 2 heteroatoms. The molecule has 1 aliphatic heterocycles. The van der Waals surface area contributed by atoms with E-state index in [-0.39, 0.29) is 6.61 Å². The predicted molar refractivity (Wildman–Crippen MR) is 51.8 cm³/mol. The first kappa shape index (κ1) is 8.02. The third-order valence-corrected chi connectivity index (χ3v) is 6.26. The van der Waals surface area contributed by atoms with E-state index >= 15 is 0 Å². The molecule has 0 N–H and O–H groups in total. The molecular formula is C10H13OSi. The molecule has 0 spiro atoms. The predicted octanol–water partition coefficient (Wildman–Crippen LogP) is 1.45. The van der Waals surface area contributed by atoms with E-state index in [0.717, 1.165) is 5.56 Å². The van der Waals surface area contributed by atoms with Gasteiger partial charge in [0.25, 0.3) is 0 Å². The summed E-state index contributed by atoms with van der Waals surface area (Å²) < 4.78 is 0. The van der Waals surface area contributed by atoms with Crippen molar-refractivity contribution >= 4 is 14.0 Å². The van der Waals surface area contributed by atoms with Gasteiger partial charge in [-0.1, -0.05) is 48.0 Å². The smallest absolute Gasteiger partial charge is 0.107 e. The highest BCUT2D eigenvalue weighted by Gasteiger charge is 2.20. The first-order valence-corrected chi connectivity index (χ1v) is 6.78. The van der Waals surface area contributed by atoms with Crippen molar-refractivity contribution < 1.29 is 5.11 Å². The standard InChI is InChI=1S/C10H13OSi/c11-8-9-2-4-10(5-3-9)12-6-1-7-12/h2-5,12H,1,6-8H2. The van der Waals surface area contributed by atoms with Crippen molar-refractivity contribution in [2.75, 3.05) is 0 Å². The molecule has 1 aromatic rings. The Morgan fingerprint density at radius 1 is 1.17 bits per heavy atom. The Morgan fingerprint density at radius 3 is 2.25 bits per heavy atom. The van der Waals surface area contributed by atoms with Crippen LogP contribution in [0.25, 0.3) is 0 Å². The number of hydrogen-bond acceptors (Lipinski definition) is 0. The molecule has 1 heterocycles. The summed E-state index contributed by atoms with van der Waals surface area (Å²) in [6.45, 7) is -0.0769. The molecule has 1 saturated heterocycles. The molecule has 1 radical (unpaired) electrons. The van der Waals surface area contributed by atoms with Gasteiger partial charge in [-0.25, -0.2) is 5.11 Å². The van der Waals surface area contributed by atoms with Crippen LogP contribution in [0.4, 0.5) is 0 Å². The Bertz CT molecular complexity index is 251. The van der Waals surface area contributed by atoms with Crippen molar-refractivity contribution in [1.29, 1.82) is 0 Å². The maximum Gasteiger partial charge on any atom is 0.107 e. The summed E-state index contributed by atoms with van der Waals surface area (Å²) in [6, 6.07) is 11.3. The van der Waals surface area contributed by atoms with Crippen molar-refractivity contribution in [3.8, 4) is 0 Å². The van der Waals surface area contributed by atoms with E-state index in [2.05, 4.69) is 12.1 Å². The van der Waals surface area contributed by atoms with Crippen molar-refractivity contribution in [1.82, 2.24) is 0 Å². The van der Waals surface area contributed by atoms with E-state index in [4.69, 9.17) is 0 Å². The van der Waals surface area contributed by atoms with Crippen LogP contribution in [-0.4, -0.2) is 8.80 Å². The van der Waals surface area contributed by atoms with Crippen molar-refractivity contribution in [3.63, 3.8) is 0 Å². The number of rotatable bonds is 2. The normalized spacial score (nSPS) is 17.4. The van der Waals surface area contributed by atoms with Crippen LogP contribution in [0.15, 0.2) is 24.3 Å². The lowest BCUT2D eigenvalue weighted by Crippen LogP contribution is -2.35. The molecule has 0 aliphatic carbocycles. The van der Waals surface area contributed by atoms with Crippen molar-refractivity contribution in [2.24, 2.45) is 0 Å². The third kappa shape index (κ3) is 1.45. The highest BCUT2D eigenvalue weighted by Crippen LogP contribution is 2.19. The lowest BCUT2D eigenvalue weighted by atomic mass is 10.2. The number of benzene rings is 1. The maximum atomic E-state index is 10.5. The average Bonchev–Trinajstić information content (AvgIpc) is 2.03. The van der Waals surface area contributed by atoms with Gasteiger partial charge in [0.1, 0.15) is 6.61 Å². The van der Waals surface area contributed by atoms with Gasteiger partial charge in [-0.05, 0) is 5.56 Å². The maximum absolute atomic E-state index is 10.5. The summed E-state index contributed by atoms with van der Waals surface area (Å²) in [5.41, 5.74) is 0.923. The summed E-state index contributed by atoms with van der Waals surface area (Å²) in [5.74, 6) is 0. The molecule has 0 atom stereocenters. The van der Waals surface area contributed by atoms with Crippen LogP contribution in [0.5, 0.6) is 0 Å². The fraction of sp³-hybridized carbons (Fsp3) is 0.400. The molecule has 0 aromatic heterocycles. The monoisotopic (exact) mass is 177 g/mol. The molecule has 0 bridgehead atoms. The van der Waals surface area contributed by atoms with Crippen LogP contribution in [0.1, 0.15) is 12.0 Å². The van der Waals surface area contributed by atoms with E-state index in [0.29, 0.717) is 0 Å². The van der Waals surface area contributed by atoms with Gasteiger partial charge < -0.3 is 0 Å². The van der Waals surface area contributed by atoms with Crippen LogP contribution in [-0.2, 0) is 11.7 Å². The van der Waals surface area contributed by atoms with Gasteiger partial charge in [-0.3, -0.25) is 0 Å². The summed E-state index contributed by atoms with van der Waals surface area (Å²) in [5, 5.41) is 12.1. The zero-order valence-corrected chi connectivity index (χ0v) is 8.28. The summed E-state index contributed by atoms with van der Waals surface area (Å²) in [7, 11) is -0.493. The molecule has 0 unspecified atom stereocenters. The second kappa shape index (κ2) is 3.41. The van der Waals surface area contributed by atoms with Crippen LogP contribution >= 0.6 is 0 Å². The molecule has 1 aliphatic rings. The van der Waals surface area contributed by atoms with Crippen LogP contribution in [0.2, 0.25) is 12.1 Å². The van der Waals surface area contributed by atoms with Gasteiger partial charge in [-0.2, -0.15) is 0 Å². The van der Waals surface area contributed by atoms with Gasteiger partial charge in [-0.15, -0.1) is 0 Å². The molecule has 0 saturated carbocycles. The van der Waals surface area contributed by atoms with Crippen molar-refractivity contribution in [2.45, 2.75) is 25.1 Å². The first-order chi connectivity index (χ1) is 5.90. The van der Waals surface area contributed by atoms with Gasteiger partial charge >= 0.3 is 0 Å². The topological polar surface area (TPSA) is 19.9 Å². The first-order valence-electron chi connectivity index (χ1n) is 4.57. The molecule has 0 amide bonds. The van der Waals surface area contributed by atoms with Gasteiger partial charge in [0.15, 0.2) is 0 Å². The quantitative estimate of drug-likeness (QED) is 0.609. The lowest BCUT2D eigenvalue weighted by molar-refractivity contribution is 0.177. The van der Waals surface area contributed by atoms with Crippen LogP contribution in [0, 0.1) is 0 Å². The SMILES string of the molecule is [O]Cc1ccc([SiH]2CCC2)cc1. The highest BCUT2D eigenvalue weighted by molar-refractivity contribution is 6.75. The molecule has 63 valence electrons. The second-order valence-electron chi connectivity index (χ2n) is 3.51. The molecular weight excluding hydrogens is 164 g/mol. The van der Waals surface area contributed by atoms with Crippen molar-refractivity contribution in [3.05, 3.63) is 29.8 Å². The van der Waals surface area contributed by atoms with Gasteiger partial charge in [0.05, 0.1) is 8.80 Å². The Morgan fingerprint density at radius 2 is 1.83 bits per heavy atom. The summed E-state index contributed by atoms with van der Waals surface area (Å²) in [4.78, 5) is 0. The minimum Gasteiger partial charge on any atom is -0.232 e. The fourth-order valence-corrected chi connectivity index (χ4v) is 3.85. The Balaban J connectivity index is 2.13. The van der Waals surface area contributed by atoms with E-state index in [1.807, 2.05) is 12.1 Å². The Hall–Kier alpha value is -0.603. The van der Waals surface area contributed by atoms with Gasteiger partial charge in [0.2, 0.25) is 0 Å². The third-order valence-electron chi connectivity index (χ3n) is 2.72. The van der Waals surface area contributed by atoms with E-state index in [1.165, 1.54) is 18.5 Å². The molecule has 1 nitrogen and oxygen atoms in total. The molecule has 1 aromatic carbocycles. The largest absolute Gasteiger partial charge is 0.232 e. The minimum atomic E-state index is -0.493. The minimum absolute atomic E-state index is 0.0769. The Kier molecular flexibility index (Phi) is 2.28. The molecule has 2 rings (SSSR count). The summed E-state index contributed by atoms with van der Waals surface area (Å²) >= 11 is 0. The summed E-state index contributed by atoms with van der Waals surface area (Å²) in [6.07, 6.45) is 1.43. The zero-order valence-electron chi connectivity index (χ0n) is 7.12. The van der Waals surface area contributed by atoms with E-state index in [1.54, 1.807) is 5.19 Å². The fourth-order valence-electron chi connectivity index (χ4n) is 1.63. The molecule has 1 fully saturated rings. The lowest BCUT2D eigenvalue weighted by Gasteiger charge is -2.23.